The summed E-state index contributed by atoms with van der Waals surface area (Å²) in [6.07, 6.45) is 3.10. The average Bonchev–Trinajstić information content (AvgIpc) is 2.64. The number of amides is 1. The van der Waals surface area contributed by atoms with E-state index in [4.69, 9.17) is 9.47 Å². The molecule has 1 saturated carbocycles. The fourth-order valence-electron chi connectivity index (χ4n) is 3.16. The Labute approximate surface area is 154 Å². The van der Waals surface area contributed by atoms with Crippen molar-refractivity contribution in [3.63, 3.8) is 0 Å². The molecule has 142 valence electrons. The lowest BCUT2D eigenvalue weighted by atomic mass is 9.78. The van der Waals surface area contributed by atoms with Crippen LogP contribution in [0.2, 0.25) is 0 Å². The first-order chi connectivity index (χ1) is 12.4. The van der Waals surface area contributed by atoms with Crippen LogP contribution in [0.15, 0.2) is 24.3 Å². The summed E-state index contributed by atoms with van der Waals surface area (Å²) in [5.74, 6) is 0.547. The van der Waals surface area contributed by atoms with Gasteiger partial charge in [-0.1, -0.05) is 26.7 Å². The van der Waals surface area contributed by atoms with E-state index in [2.05, 4.69) is 19.2 Å². The molecule has 0 radical (unpaired) electrons. The summed E-state index contributed by atoms with van der Waals surface area (Å²) in [6.45, 7) is 5.61. The van der Waals surface area contributed by atoms with Crippen LogP contribution < -0.4 is 10.1 Å². The van der Waals surface area contributed by atoms with Crippen LogP contribution in [-0.4, -0.2) is 36.9 Å². The fourth-order valence-corrected chi connectivity index (χ4v) is 3.16. The van der Waals surface area contributed by atoms with Crippen LogP contribution in [0.4, 0.5) is 0 Å². The summed E-state index contributed by atoms with van der Waals surface area (Å²) in [6, 6.07) is 6.50. The summed E-state index contributed by atoms with van der Waals surface area (Å²) >= 11 is 0. The Morgan fingerprint density at radius 3 is 2.58 bits per heavy atom. The van der Waals surface area contributed by atoms with Gasteiger partial charge in [-0.05, 0) is 49.4 Å². The molecule has 0 heterocycles. The van der Waals surface area contributed by atoms with Gasteiger partial charge in [0.25, 0.3) is 5.91 Å². The highest BCUT2D eigenvalue weighted by molar-refractivity contribution is 5.84. The minimum Gasteiger partial charge on any atom is -0.482 e. The van der Waals surface area contributed by atoms with Crippen molar-refractivity contribution in [1.29, 1.82) is 0 Å². The van der Waals surface area contributed by atoms with Crippen molar-refractivity contribution in [2.45, 2.75) is 52.2 Å². The van der Waals surface area contributed by atoms with E-state index in [9.17, 15) is 14.4 Å². The van der Waals surface area contributed by atoms with Gasteiger partial charge in [0, 0.05) is 11.6 Å². The monoisotopic (exact) mass is 361 g/mol. The molecular weight excluding hydrogens is 334 g/mol. The van der Waals surface area contributed by atoms with Crippen molar-refractivity contribution < 1.29 is 23.9 Å². The Kier molecular flexibility index (Phi) is 7.18. The number of hydrogen-bond acceptors (Lipinski definition) is 5. The van der Waals surface area contributed by atoms with Gasteiger partial charge < -0.3 is 14.8 Å². The fraction of sp³-hybridized carbons (Fsp3) is 0.550. The number of aldehydes is 1. The topological polar surface area (TPSA) is 81.7 Å². The van der Waals surface area contributed by atoms with Gasteiger partial charge in [0.15, 0.2) is 12.7 Å². The lowest BCUT2D eigenvalue weighted by molar-refractivity contribution is -0.157. The highest BCUT2D eigenvalue weighted by atomic mass is 16.6. The molecule has 2 rings (SSSR count). The Bertz CT molecular complexity index is 628. The number of ether oxygens (including phenoxy) is 2. The van der Waals surface area contributed by atoms with Crippen molar-refractivity contribution in [1.82, 2.24) is 5.32 Å². The minimum atomic E-state index is -0.868. The SMILES string of the molecule is C[C@H]1[C@@H](NC(=O)[C@@H](C)OC(=O)COc2ccc(C=O)cc2)CCC[C@@H]1C. The lowest BCUT2D eigenvalue weighted by Gasteiger charge is -2.35. The van der Waals surface area contributed by atoms with Crippen molar-refractivity contribution >= 4 is 18.2 Å². The number of nitrogens with one attached hydrogen (secondary N) is 1. The van der Waals surface area contributed by atoms with E-state index in [0.717, 1.165) is 19.1 Å². The Morgan fingerprint density at radius 1 is 1.23 bits per heavy atom. The number of hydrogen-bond donors (Lipinski definition) is 1. The molecule has 6 nitrogen and oxygen atoms in total. The van der Waals surface area contributed by atoms with Gasteiger partial charge >= 0.3 is 5.97 Å². The van der Waals surface area contributed by atoms with E-state index in [1.54, 1.807) is 31.2 Å². The van der Waals surface area contributed by atoms with Crippen molar-refractivity contribution in [2.24, 2.45) is 11.8 Å². The molecule has 1 fully saturated rings. The number of carbonyl (C=O) groups is 3. The van der Waals surface area contributed by atoms with Crippen LogP contribution in [-0.2, 0) is 14.3 Å². The molecule has 0 spiro atoms. The molecule has 6 heteroatoms. The summed E-state index contributed by atoms with van der Waals surface area (Å²) in [7, 11) is 0. The van der Waals surface area contributed by atoms with E-state index in [0.29, 0.717) is 23.1 Å². The van der Waals surface area contributed by atoms with Crippen molar-refractivity contribution in [2.75, 3.05) is 6.61 Å². The van der Waals surface area contributed by atoms with Crippen molar-refractivity contribution in [3.8, 4) is 5.75 Å². The molecule has 1 aromatic carbocycles. The molecule has 4 atom stereocenters. The third-order valence-electron chi connectivity index (χ3n) is 5.08. The highest BCUT2D eigenvalue weighted by Gasteiger charge is 2.30. The highest BCUT2D eigenvalue weighted by Crippen LogP contribution is 2.29. The second kappa shape index (κ2) is 9.36. The van der Waals surface area contributed by atoms with Crippen LogP contribution in [0.1, 0.15) is 50.4 Å². The minimum absolute atomic E-state index is 0.125. The first-order valence-electron chi connectivity index (χ1n) is 9.08. The molecule has 0 bridgehead atoms. The van der Waals surface area contributed by atoms with Crippen molar-refractivity contribution in [3.05, 3.63) is 29.8 Å². The Balaban J connectivity index is 1.76. The molecule has 0 saturated heterocycles. The second-order valence-electron chi connectivity index (χ2n) is 6.99. The number of benzene rings is 1. The second-order valence-corrected chi connectivity index (χ2v) is 6.99. The zero-order valence-corrected chi connectivity index (χ0v) is 15.6. The molecule has 0 unspecified atom stereocenters. The van der Waals surface area contributed by atoms with Crippen LogP contribution in [0.5, 0.6) is 5.75 Å². The Morgan fingerprint density at radius 2 is 1.92 bits per heavy atom. The lowest BCUT2D eigenvalue weighted by Crippen LogP contribution is -2.47. The molecule has 1 aliphatic carbocycles. The quantitative estimate of drug-likeness (QED) is 0.596. The summed E-state index contributed by atoms with van der Waals surface area (Å²) < 4.78 is 10.5. The predicted octanol–water partition coefficient (Wildman–Crippen LogP) is 2.75. The molecule has 1 aliphatic rings. The normalized spacial score (nSPS) is 23.6. The van der Waals surface area contributed by atoms with Crippen LogP contribution in [0, 0.1) is 11.8 Å². The van der Waals surface area contributed by atoms with Crippen LogP contribution in [0.3, 0.4) is 0 Å². The van der Waals surface area contributed by atoms with E-state index in [1.165, 1.54) is 6.42 Å². The zero-order valence-electron chi connectivity index (χ0n) is 15.6. The zero-order chi connectivity index (χ0) is 19.1. The maximum Gasteiger partial charge on any atom is 0.344 e. The molecule has 26 heavy (non-hydrogen) atoms. The molecule has 0 aromatic heterocycles. The van der Waals surface area contributed by atoms with Gasteiger partial charge in [0.2, 0.25) is 0 Å². The number of rotatable bonds is 7. The van der Waals surface area contributed by atoms with Gasteiger partial charge in [-0.15, -0.1) is 0 Å². The number of carbonyl (C=O) groups excluding carboxylic acids is 3. The third-order valence-corrected chi connectivity index (χ3v) is 5.08. The van der Waals surface area contributed by atoms with E-state index in [-0.39, 0.29) is 18.6 Å². The maximum atomic E-state index is 12.3. The van der Waals surface area contributed by atoms with E-state index in [1.807, 2.05) is 0 Å². The van der Waals surface area contributed by atoms with Gasteiger partial charge in [-0.2, -0.15) is 0 Å². The molecule has 1 N–H and O–H groups in total. The maximum absolute atomic E-state index is 12.3. The number of esters is 1. The standard InChI is InChI=1S/C20H27NO5/c1-13-5-4-6-18(14(13)2)21-20(24)15(3)26-19(23)12-25-17-9-7-16(11-22)8-10-17/h7-11,13-15,18H,4-6,12H2,1-3H3,(H,21,24)/t13-,14+,15+,18-/m0/s1. The first-order valence-corrected chi connectivity index (χ1v) is 9.08. The Hall–Kier alpha value is -2.37. The smallest absolute Gasteiger partial charge is 0.344 e. The average molecular weight is 361 g/mol. The van der Waals surface area contributed by atoms with Gasteiger partial charge in [-0.3, -0.25) is 9.59 Å². The van der Waals surface area contributed by atoms with Crippen LogP contribution >= 0.6 is 0 Å². The van der Waals surface area contributed by atoms with Gasteiger partial charge in [0.05, 0.1) is 0 Å². The summed E-state index contributed by atoms with van der Waals surface area (Å²) in [4.78, 5) is 34.8. The van der Waals surface area contributed by atoms with Gasteiger partial charge in [-0.25, -0.2) is 4.79 Å². The summed E-state index contributed by atoms with van der Waals surface area (Å²) in [5.41, 5.74) is 0.525. The molecule has 1 aromatic rings. The largest absolute Gasteiger partial charge is 0.482 e. The molecular formula is C20H27NO5. The van der Waals surface area contributed by atoms with E-state index < -0.39 is 12.1 Å². The molecule has 1 amide bonds. The van der Waals surface area contributed by atoms with Gasteiger partial charge in [0.1, 0.15) is 12.0 Å². The molecule has 0 aliphatic heterocycles. The summed E-state index contributed by atoms with van der Waals surface area (Å²) in [5, 5.41) is 3.00. The first kappa shape index (κ1) is 19.9. The van der Waals surface area contributed by atoms with Crippen LogP contribution in [0.25, 0.3) is 0 Å². The van der Waals surface area contributed by atoms with E-state index >= 15 is 0 Å². The predicted molar refractivity (Wildman–Crippen MR) is 97.0 cm³/mol. The third kappa shape index (κ3) is 5.58.